The molecule has 10 amide bonds. The second kappa shape index (κ2) is 33.0. The van der Waals surface area contributed by atoms with E-state index in [1.165, 1.54) is 13.8 Å². The molecule has 9 atom stereocenters. The van der Waals surface area contributed by atoms with Crippen LogP contribution < -0.4 is 94.1 Å². The number of aliphatic hydroxyl groups is 1. The van der Waals surface area contributed by atoms with Gasteiger partial charge in [0.15, 0.2) is 17.9 Å². The Labute approximate surface area is 404 Å². The van der Waals surface area contributed by atoms with Gasteiger partial charge in [0.25, 0.3) is 0 Å². The third-order valence-corrected chi connectivity index (χ3v) is 10.1. The Hall–Kier alpha value is -7.57. The van der Waals surface area contributed by atoms with Crippen LogP contribution >= 0.6 is 0 Å². The number of rotatable bonds is 34. The molecule has 0 aliphatic rings. The second-order valence-electron chi connectivity index (χ2n) is 16.0. The minimum Gasteiger partial charge on any atom is -0.391 e. The van der Waals surface area contributed by atoms with Crippen LogP contribution in [0.3, 0.4) is 0 Å². The summed E-state index contributed by atoms with van der Waals surface area (Å²) in [5.41, 5.74) is 48.6. The molecule has 31 nitrogen and oxygen atoms in total. The highest BCUT2D eigenvalue weighted by molar-refractivity contribution is 5.98. The monoisotopic (exact) mass is 999 g/mol. The smallest absolute Gasteiger partial charge is 0.245 e. The van der Waals surface area contributed by atoms with Crippen molar-refractivity contribution in [3.05, 3.63) is 0 Å². The van der Waals surface area contributed by atoms with E-state index in [0.29, 0.717) is 6.42 Å². The summed E-state index contributed by atoms with van der Waals surface area (Å²) in [6.07, 6.45) is -1.81. The Morgan fingerprint density at radius 1 is 0.500 bits per heavy atom. The molecule has 0 unspecified atom stereocenters. The lowest BCUT2D eigenvalue weighted by Gasteiger charge is -2.26. The fourth-order valence-electron chi connectivity index (χ4n) is 6.09. The Balaban J connectivity index is 6.42. The third-order valence-electron chi connectivity index (χ3n) is 10.1. The van der Waals surface area contributed by atoms with Gasteiger partial charge in [0.2, 0.25) is 59.1 Å². The second-order valence-corrected chi connectivity index (χ2v) is 16.0. The van der Waals surface area contributed by atoms with Crippen molar-refractivity contribution in [2.45, 2.75) is 127 Å². The molecule has 0 aromatic carbocycles. The van der Waals surface area contributed by atoms with Crippen LogP contribution in [0, 0.1) is 5.92 Å². The maximum Gasteiger partial charge on any atom is 0.245 e. The number of hydrogen-bond donors (Lipinski definition) is 18. The molecule has 0 aliphatic carbocycles. The van der Waals surface area contributed by atoms with Gasteiger partial charge in [-0.05, 0) is 58.3 Å². The van der Waals surface area contributed by atoms with Crippen LogP contribution in [0.15, 0.2) is 15.0 Å². The molecule has 0 radical (unpaired) electrons. The quantitative estimate of drug-likeness (QED) is 0.0162. The van der Waals surface area contributed by atoms with E-state index >= 15 is 0 Å². The Bertz CT molecular complexity index is 1890. The predicted octanol–water partition coefficient (Wildman–Crippen LogP) is -9.58. The minimum absolute atomic E-state index is 0.00115. The number of nitrogens with one attached hydrogen (secondary N) is 8. The first-order chi connectivity index (χ1) is 32.7. The molecule has 0 spiro atoms. The molecule has 31 heteroatoms. The first kappa shape index (κ1) is 62.4. The number of carbonyl (C=O) groups is 10. The highest BCUT2D eigenvalue weighted by Gasteiger charge is 2.34. The van der Waals surface area contributed by atoms with Crippen LogP contribution in [0.1, 0.15) is 79.1 Å². The summed E-state index contributed by atoms with van der Waals surface area (Å²) >= 11 is 0. The first-order valence-corrected chi connectivity index (χ1v) is 22.2. The topological polar surface area (TPSA) is 558 Å². The molecule has 27 N–H and O–H groups in total. The van der Waals surface area contributed by atoms with Crippen molar-refractivity contribution in [2.24, 2.45) is 72.5 Å². The molecule has 396 valence electrons. The molecular formula is C39H74N20O11. The molecule has 0 aromatic heterocycles. The molecule has 70 heavy (non-hydrogen) atoms. The molecule has 0 heterocycles. The first-order valence-electron chi connectivity index (χ1n) is 22.2. The summed E-state index contributed by atoms with van der Waals surface area (Å²) in [5.74, 6) is -10.4. The normalized spacial score (nSPS) is 14.5. The van der Waals surface area contributed by atoms with Crippen molar-refractivity contribution in [2.75, 3.05) is 32.7 Å². The average Bonchev–Trinajstić information content (AvgIpc) is 3.27. The molecule has 0 bridgehead atoms. The van der Waals surface area contributed by atoms with E-state index in [9.17, 15) is 53.1 Å². The highest BCUT2D eigenvalue weighted by atomic mass is 16.3. The van der Waals surface area contributed by atoms with Crippen molar-refractivity contribution in [1.29, 1.82) is 0 Å². The van der Waals surface area contributed by atoms with Crippen molar-refractivity contribution in [1.82, 2.24) is 42.5 Å². The zero-order valence-electron chi connectivity index (χ0n) is 40.0. The third kappa shape index (κ3) is 26.1. The van der Waals surface area contributed by atoms with E-state index in [1.807, 2.05) is 0 Å². The predicted molar refractivity (Wildman–Crippen MR) is 255 cm³/mol. The summed E-state index contributed by atoms with van der Waals surface area (Å²) in [5, 5.41) is 29.5. The van der Waals surface area contributed by atoms with Gasteiger partial charge >= 0.3 is 0 Å². The van der Waals surface area contributed by atoms with Crippen LogP contribution in [0.25, 0.3) is 0 Å². The maximum atomic E-state index is 13.9. The van der Waals surface area contributed by atoms with Gasteiger partial charge in [0.05, 0.1) is 25.6 Å². The number of hydrogen-bond acceptors (Lipinski definition) is 15. The van der Waals surface area contributed by atoms with Crippen molar-refractivity contribution < 1.29 is 53.1 Å². The molecule has 0 fully saturated rings. The molecule has 0 rings (SSSR count). The van der Waals surface area contributed by atoms with Crippen LogP contribution in [-0.4, -0.2) is 163 Å². The number of amides is 10. The average molecular weight is 999 g/mol. The summed E-state index contributed by atoms with van der Waals surface area (Å²) < 4.78 is 0. The van der Waals surface area contributed by atoms with E-state index < -0.39 is 127 Å². The van der Waals surface area contributed by atoms with Crippen molar-refractivity contribution >= 4 is 77.0 Å². The number of nitrogens with zero attached hydrogens (tertiary/aromatic N) is 3. The summed E-state index contributed by atoms with van der Waals surface area (Å²) in [6, 6.07) is -9.92. The molecule has 0 saturated carbocycles. The van der Waals surface area contributed by atoms with Crippen LogP contribution in [-0.2, 0) is 47.9 Å². The van der Waals surface area contributed by atoms with E-state index in [-0.39, 0.29) is 82.0 Å². The molecule has 0 saturated heterocycles. The largest absolute Gasteiger partial charge is 0.391 e. The molecular weight excluding hydrogens is 925 g/mol. The standard InChI is InChI=1S/C39H74N20O11/c1-5-18(2)28(30(42)64)58-31(65)19(3)53-35(69)24(15-25(41)61)57-33(67)23(11-8-14-51-39(47)48)56-32(66)21(9-6-12-49-37(43)44)55-27(63)17-52-36(70)29(20(4)60)59-34(68)22(54-26(62)16-40)10-7-13-50-38(45)46/h18-24,28-29,60H,5-17,40H2,1-4H3,(H2,41,61)(H2,42,64)(H,52,70)(H,53,69)(H,54,62)(H,55,63)(H,56,66)(H,57,67)(H,58,65)(H,59,68)(H4,43,44,49)(H4,45,46,50)(H4,47,48,51)/t18-,19-,20+,21-,22-,23-,24-,28-,29-/m0/s1. The number of guanidine groups is 3. The van der Waals surface area contributed by atoms with Gasteiger partial charge in [0.1, 0.15) is 42.3 Å². The zero-order chi connectivity index (χ0) is 53.7. The van der Waals surface area contributed by atoms with Crippen LogP contribution in [0.4, 0.5) is 0 Å². The van der Waals surface area contributed by atoms with E-state index in [2.05, 4.69) is 57.5 Å². The number of aliphatic imine (C=N–C) groups is 3. The zero-order valence-corrected chi connectivity index (χ0v) is 40.0. The van der Waals surface area contributed by atoms with Crippen molar-refractivity contribution in [3.8, 4) is 0 Å². The summed E-state index contributed by atoms with van der Waals surface area (Å²) in [6.45, 7) is 4.68. The number of carbonyl (C=O) groups excluding carboxylic acids is 10. The SMILES string of the molecule is CC[C@H](C)[C@H](NC(=O)[C@H](C)NC(=O)[C@H](CC(N)=O)NC(=O)[C@H](CCCN=C(N)N)NC(=O)[C@H](CCCN=C(N)N)NC(=O)CNC(=O)[C@@H](NC(=O)[C@H](CCCN=C(N)N)NC(=O)CN)[C@@H](C)O)C(N)=O. The van der Waals surface area contributed by atoms with Crippen LogP contribution in [0.2, 0.25) is 0 Å². The maximum absolute atomic E-state index is 13.9. The van der Waals surface area contributed by atoms with Crippen LogP contribution in [0.5, 0.6) is 0 Å². The molecule has 0 aliphatic heterocycles. The lowest BCUT2D eigenvalue weighted by molar-refractivity contribution is -0.136. The Morgan fingerprint density at radius 2 is 0.900 bits per heavy atom. The molecule has 0 aromatic rings. The lowest BCUT2D eigenvalue weighted by Crippen LogP contribution is -2.60. The van der Waals surface area contributed by atoms with Gasteiger partial charge in [-0.2, -0.15) is 0 Å². The van der Waals surface area contributed by atoms with Gasteiger partial charge in [0, 0.05) is 19.6 Å². The fraction of sp³-hybridized carbons (Fsp3) is 0.667. The number of nitrogens with two attached hydrogens (primary N) is 9. The Morgan fingerprint density at radius 3 is 1.30 bits per heavy atom. The Kier molecular flexibility index (Phi) is 29.4. The number of primary amides is 2. The van der Waals surface area contributed by atoms with Crippen molar-refractivity contribution in [3.63, 3.8) is 0 Å². The minimum atomic E-state index is -1.70. The lowest BCUT2D eigenvalue weighted by atomic mass is 9.98. The van der Waals surface area contributed by atoms with Gasteiger partial charge in [-0.3, -0.25) is 62.9 Å². The van der Waals surface area contributed by atoms with E-state index in [0.717, 1.165) is 0 Å². The van der Waals surface area contributed by atoms with Gasteiger partial charge in [-0.1, -0.05) is 20.3 Å². The van der Waals surface area contributed by atoms with Gasteiger partial charge in [-0.25, -0.2) is 0 Å². The van der Waals surface area contributed by atoms with Gasteiger partial charge < -0.3 is 99.2 Å². The van der Waals surface area contributed by atoms with E-state index in [1.54, 1.807) is 13.8 Å². The summed E-state index contributed by atoms with van der Waals surface area (Å²) in [7, 11) is 0. The van der Waals surface area contributed by atoms with E-state index in [4.69, 9.17) is 51.6 Å². The highest BCUT2D eigenvalue weighted by Crippen LogP contribution is 2.09. The number of aliphatic hydroxyl groups excluding tert-OH is 1. The summed E-state index contributed by atoms with van der Waals surface area (Å²) in [4.78, 5) is 142. The van der Waals surface area contributed by atoms with Gasteiger partial charge in [-0.15, -0.1) is 0 Å². The fourth-order valence-corrected chi connectivity index (χ4v) is 6.09.